The summed E-state index contributed by atoms with van der Waals surface area (Å²) in [6.45, 7) is 5.99. The molecule has 1 amide bonds. The summed E-state index contributed by atoms with van der Waals surface area (Å²) in [7, 11) is 2.11. The van der Waals surface area contributed by atoms with Gasteiger partial charge < -0.3 is 19.5 Å². The van der Waals surface area contributed by atoms with Gasteiger partial charge in [-0.15, -0.1) is 0 Å². The molecule has 0 saturated carbocycles. The highest BCUT2D eigenvalue weighted by atomic mass is 16.3. The highest BCUT2D eigenvalue weighted by Gasteiger charge is 2.25. The van der Waals surface area contributed by atoms with Gasteiger partial charge in [0.1, 0.15) is 5.76 Å². The molecule has 0 unspecified atom stereocenters. The van der Waals surface area contributed by atoms with Crippen molar-refractivity contribution in [1.82, 2.24) is 24.9 Å². The quantitative estimate of drug-likeness (QED) is 0.738. The van der Waals surface area contributed by atoms with Crippen LogP contribution in [-0.4, -0.2) is 78.3 Å². The standard InChI is InChI=1S/C21H30N6O3/c1-24-7-9-26(10-8-24)18-12-21(29)27(23-13-18)17-4-2-6-25(15-17)16-20(28)22-14-19-5-3-11-30-19/h3,5,11-13,17H,2,4,6-10,14-16H2,1H3,(H,22,28)/t17-/m0/s1. The minimum Gasteiger partial charge on any atom is -0.467 e. The first-order valence-electron chi connectivity index (χ1n) is 10.6. The number of likely N-dealkylation sites (tertiary alicyclic amines) is 1. The van der Waals surface area contributed by atoms with E-state index in [4.69, 9.17) is 4.42 Å². The van der Waals surface area contributed by atoms with E-state index < -0.39 is 0 Å². The zero-order valence-electron chi connectivity index (χ0n) is 17.5. The zero-order valence-corrected chi connectivity index (χ0v) is 17.5. The summed E-state index contributed by atoms with van der Waals surface area (Å²) in [5.74, 6) is 0.689. The lowest BCUT2D eigenvalue weighted by molar-refractivity contribution is -0.122. The number of carbonyl (C=O) groups is 1. The topological polar surface area (TPSA) is 86.8 Å². The molecule has 2 aliphatic rings. The Kier molecular flexibility index (Phi) is 6.49. The molecule has 0 aromatic carbocycles. The van der Waals surface area contributed by atoms with E-state index in [1.807, 2.05) is 12.3 Å². The lowest BCUT2D eigenvalue weighted by Crippen LogP contribution is -2.46. The lowest BCUT2D eigenvalue weighted by atomic mass is 10.1. The normalized spacial score (nSPS) is 21.0. The molecule has 1 N–H and O–H groups in total. The number of piperazine rings is 1. The molecule has 2 aromatic rings. The summed E-state index contributed by atoms with van der Waals surface area (Å²) in [5, 5.41) is 7.37. The second-order valence-electron chi connectivity index (χ2n) is 8.17. The maximum atomic E-state index is 12.8. The molecule has 162 valence electrons. The van der Waals surface area contributed by atoms with Crippen LogP contribution in [0.3, 0.4) is 0 Å². The van der Waals surface area contributed by atoms with Gasteiger partial charge in [-0.25, -0.2) is 4.68 Å². The summed E-state index contributed by atoms with van der Waals surface area (Å²) in [4.78, 5) is 31.6. The smallest absolute Gasteiger partial charge is 0.269 e. The average molecular weight is 415 g/mol. The van der Waals surface area contributed by atoms with Gasteiger partial charge in [0.05, 0.1) is 37.3 Å². The molecular formula is C21H30N6O3. The van der Waals surface area contributed by atoms with E-state index in [1.54, 1.807) is 23.1 Å². The second kappa shape index (κ2) is 9.44. The summed E-state index contributed by atoms with van der Waals surface area (Å²) >= 11 is 0. The average Bonchev–Trinajstić information content (AvgIpc) is 3.27. The monoisotopic (exact) mass is 414 g/mol. The SMILES string of the molecule is CN1CCN(c2cnn([C@H]3CCCN(CC(=O)NCc4ccco4)C3)c(=O)c2)CC1. The number of likely N-dealkylation sites (N-methyl/N-ethyl adjacent to an activating group) is 1. The van der Waals surface area contributed by atoms with Crippen LogP contribution < -0.4 is 15.8 Å². The van der Waals surface area contributed by atoms with Crippen LogP contribution >= 0.6 is 0 Å². The van der Waals surface area contributed by atoms with Gasteiger partial charge in [-0.05, 0) is 38.6 Å². The van der Waals surface area contributed by atoms with Crippen LogP contribution in [0.25, 0.3) is 0 Å². The van der Waals surface area contributed by atoms with E-state index in [2.05, 4.69) is 32.2 Å². The van der Waals surface area contributed by atoms with E-state index in [0.29, 0.717) is 19.6 Å². The van der Waals surface area contributed by atoms with Crippen LogP contribution in [0.1, 0.15) is 24.6 Å². The zero-order chi connectivity index (χ0) is 20.9. The molecule has 0 aliphatic carbocycles. The first kappa shape index (κ1) is 20.6. The number of amides is 1. The number of nitrogens with one attached hydrogen (secondary N) is 1. The van der Waals surface area contributed by atoms with E-state index in [1.165, 1.54) is 0 Å². The molecule has 2 aliphatic heterocycles. The third-order valence-corrected chi connectivity index (χ3v) is 5.91. The minimum atomic E-state index is -0.0689. The van der Waals surface area contributed by atoms with Crippen LogP contribution in [0.2, 0.25) is 0 Å². The van der Waals surface area contributed by atoms with E-state index in [-0.39, 0.29) is 17.5 Å². The Balaban J connectivity index is 1.33. The summed E-state index contributed by atoms with van der Waals surface area (Å²) in [5.41, 5.74) is 0.829. The van der Waals surface area contributed by atoms with Gasteiger partial charge in [0, 0.05) is 38.8 Å². The highest BCUT2D eigenvalue weighted by Crippen LogP contribution is 2.20. The Labute approximate surface area is 176 Å². The van der Waals surface area contributed by atoms with Crippen molar-refractivity contribution in [2.75, 3.05) is 57.8 Å². The second-order valence-corrected chi connectivity index (χ2v) is 8.17. The van der Waals surface area contributed by atoms with Crippen LogP contribution in [-0.2, 0) is 11.3 Å². The molecule has 9 heteroatoms. The fourth-order valence-electron chi connectivity index (χ4n) is 4.15. The van der Waals surface area contributed by atoms with Crippen molar-refractivity contribution in [3.63, 3.8) is 0 Å². The fourth-order valence-corrected chi connectivity index (χ4v) is 4.15. The number of piperidine rings is 1. The number of hydrogen-bond acceptors (Lipinski definition) is 7. The van der Waals surface area contributed by atoms with Crippen molar-refractivity contribution in [3.8, 4) is 0 Å². The highest BCUT2D eigenvalue weighted by molar-refractivity contribution is 5.77. The Hall–Kier alpha value is -2.65. The maximum absolute atomic E-state index is 12.8. The van der Waals surface area contributed by atoms with Crippen molar-refractivity contribution in [3.05, 3.63) is 46.8 Å². The Morgan fingerprint density at radius 3 is 2.83 bits per heavy atom. The number of carbonyl (C=O) groups excluding carboxylic acids is 1. The van der Waals surface area contributed by atoms with Crippen molar-refractivity contribution in [2.45, 2.75) is 25.4 Å². The molecule has 9 nitrogen and oxygen atoms in total. The largest absolute Gasteiger partial charge is 0.467 e. The lowest BCUT2D eigenvalue weighted by Gasteiger charge is -2.34. The molecule has 1 atom stereocenters. The Morgan fingerprint density at radius 1 is 1.27 bits per heavy atom. The number of rotatable bonds is 6. The molecule has 4 heterocycles. The van der Waals surface area contributed by atoms with Crippen LogP contribution in [0.4, 0.5) is 5.69 Å². The summed E-state index contributed by atoms with van der Waals surface area (Å²) < 4.78 is 6.83. The molecule has 30 heavy (non-hydrogen) atoms. The third kappa shape index (κ3) is 5.09. The number of anilines is 1. The van der Waals surface area contributed by atoms with Gasteiger partial charge in [-0.3, -0.25) is 14.5 Å². The van der Waals surface area contributed by atoms with E-state index >= 15 is 0 Å². The van der Waals surface area contributed by atoms with Gasteiger partial charge in [0.15, 0.2) is 0 Å². The van der Waals surface area contributed by atoms with Gasteiger partial charge in [0.2, 0.25) is 5.91 Å². The van der Waals surface area contributed by atoms with Crippen LogP contribution in [0.15, 0.2) is 39.9 Å². The van der Waals surface area contributed by atoms with Crippen molar-refractivity contribution >= 4 is 11.6 Å². The van der Waals surface area contributed by atoms with Crippen LogP contribution in [0.5, 0.6) is 0 Å². The third-order valence-electron chi connectivity index (χ3n) is 5.91. The van der Waals surface area contributed by atoms with Crippen molar-refractivity contribution in [1.29, 1.82) is 0 Å². The predicted molar refractivity (Wildman–Crippen MR) is 113 cm³/mol. The fraction of sp³-hybridized carbons (Fsp3) is 0.571. The van der Waals surface area contributed by atoms with Gasteiger partial charge in [-0.2, -0.15) is 5.10 Å². The van der Waals surface area contributed by atoms with E-state index in [9.17, 15) is 9.59 Å². The van der Waals surface area contributed by atoms with Gasteiger partial charge >= 0.3 is 0 Å². The maximum Gasteiger partial charge on any atom is 0.269 e. The first-order valence-corrected chi connectivity index (χ1v) is 10.6. The molecule has 4 rings (SSSR count). The number of furan rings is 1. The summed E-state index contributed by atoms with van der Waals surface area (Å²) in [6, 6.07) is 5.33. The Bertz CT molecular complexity index is 888. The number of hydrogen-bond donors (Lipinski definition) is 1. The predicted octanol–water partition coefficient (Wildman–Crippen LogP) is 0.541. The molecular weight excluding hydrogens is 384 g/mol. The van der Waals surface area contributed by atoms with E-state index in [0.717, 1.165) is 57.0 Å². The first-order chi connectivity index (χ1) is 14.6. The van der Waals surface area contributed by atoms with Crippen molar-refractivity contribution in [2.24, 2.45) is 0 Å². The molecule has 0 bridgehead atoms. The van der Waals surface area contributed by atoms with Gasteiger partial charge in [-0.1, -0.05) is 0 Å². The number of aromatic nitrogens is 2. The van der Waals surface area contributed by atoms with Crippen LogP contribution in [0, 0.1) is 0 Å². The molecule has 2 fully saturated rings. The molecule has 0 spiro atoms. The minimum absolute atomic E-state index is 0.00865. The van der Waals surface area contributed by atoms with Crippen molar-refractivity contribution < 1.29 is 9.21 Å². The molecule has 2 aromatic heterocycles. The molecule has 2 saturated heterocycles. The van der Waals surface area contributed by atoms with Gasteiger partial charge in [0.25, 0.3) is 5.56 Å². The molecule has 0 radical (unpaired) electrons. The number of nitrogens with zero attached hydrogens (tertiary/aromatic N) is 5. The Morgan fingerprint density at radius 2 is 2.10 bits per heavy atom. The summed E-state index contributed by atoms with van der Waals surface area (Å²) in [6.07, 6.45) is 5.23.